The van der Waals surface area contributed by atoms with Crippen LogP contribution in [-0.2, 0) is 14.4 Å². The summed E-state index contributed by atoms with van der Waals surface area (Å²) in [6.45, 7) is 2.76. The summed E-state index contributed by atoms with van der Waals surface area (Å²) in [7, 11) is 0. The SMILES string of the molecule is CC(=O)NCCCN(CCC(=O)O)CC(N)=O. The molecule has 0 unspecified atom stereocenters. The van der Waals surface area contributed by atoms with Crippen LogP contribution >= 0.6 is 0 Å². The Morgan fingerprint density at radius 3 is 2.41 bits per heavy atom. The van der Waals surface area contributed by atoms with Crippen LogP contribution < -0.4 is 11.1 Å². The zero-order valence-corrected chi connectivity index (χ0v) is 9.94. The van der Waals surface area contributed by atoms with Crippen LogP contribution in [0.15, 0.2) is 0 Å². The minimum Gasteiger partial charge on any atom is -0.481 e. The van der Waals surface area contributed by atoms with E-state index in [-0.39, 0.29) is 25.4 Å². The molecule has 98 valence electrons. The molecular weight excluding hydrogens is 226 g/mol. The van der Waals surface area contributed by atoms with Crippen LogP contribution in [0.1, 0.15) is 19.8 Å². The van der Waals surface area contributed by atoms with Gasteiger partial charge in [-0.15, -0.1) is 0 Å². The second-order valence-electron chi connectivity index (χ2n) is 3.72. The number of rotatable bonds is 9. The van der Waals surface area contributed by atoms with Crippen molar-refractivity contribution in [1.82, 2.24) is 10.2 Å². The number of primary amides is 1. The first-order valence-corrected chi connectivity index (χ1v) is 5.38. The lowest BCUT2D eigenvalue weighted by molar-refractivity contribution is -0.137. The standard InChI is InChI=1S/C10H19N3O4/c1-8(14)12-4-2-5-13(7-9(11)15)6-3-10(16)17/h2-7H2,1H3,(H2,11,15)(H,12,14)(H,16,17). The van der Waals surface area contributed by atoms with E-state index in [4.69, 9.17) is 10.8 Å². The fourth-order valence-electron chi connectivity index (χ4n) is 1.31. The number of nitrogens with one attached hydrogen (secondary N) is 1. The van der Waals surface area contributed by atoms with Crippen LogP contribution in [0.2, 0.25) is 0 Å². The molecule has 0 aromatic heterocycles. The molecule has 0 bridgehead atoms. The Bertz CT molecular complexity index is 281. The maximum Gasteiger partial charge on any atom is 0.304 e. The number of nitrogens with two attached hydrogens (primary N) is 1. The zero-order valence-electron chi connectivity index (χ0n) is 9.94. The summed E-state index contributed by atoms with van der Waals surface area (Å²) in [6, 6.07) is 0. The van der Waals surface area contributed by atoms with Crippen LogP contribution in [0.25, 0.3) is 0 Å². The summed E-state index contributed by atoms with van der Waals surface area (Å²) in [5.41, 5.74) is 5.05. The van der Waals surface area contributed by atoms with E-state index in [9.17, 15) is 14.4 Å². The lowest BCUT2D eigenvalue weighted by Gasteiger charge is -2.19. The van der Waals surface area contributed by atoms with Crippen LogP contribution in [0.5, 0.6) is 0 Å². The minimum atomic E-state index is -0.915. The van der Waals surface area contributed by atoms with Gasteiger partial charge in [0.05, 0.1) is 13.0 Å². The van der Waals surface area contributed by atoms with Gasteiger partial charge in [-0.3, -0.25) is 19.3 Å². The molecule has 0 aliphatic heterocycles. The van der Waals surface area contributed by atoms with E-state index in [1.54, 1.807) is 4.90 Å². The van der Waals surface area contributed by atoms with E-state index in [0.717, 1.165) is 0 Å². The third-order valence-corrected chi connectivity index (χ3v) is 2.05. The Labute approximate surface area is 100.0 Å². The van der Waals surface area contributed by atoms with Crippen LogP contribution in [0.4, 0.5) is 0 Å². The molecule has 0 spiro atoms. The van der Waals surface area contributed by atoms with Gasteiger partial charge >= 0.3 is 5.97 Å². The topological polar surface area (TPSA) is 113 Å². The average molecular weight is 245 g/mol. The molecule has 2 amide bonds. The van der Waals surface area contributed by atoms with Gasteiger partial charge < -0.3 is 16.2 Å². The summed E-state index contributed by atoms with van der Waals surface area (Å²) in [5.74, 6) is -1.52. The monoisotopic (exact) mass is 245 g/mol. The highest BCUT2D eigenvalue weighted by atomic mass is 16.4. The first-order chi connectivity index (χ1) is 7.91. The summed E-state index contributed by atoms with van der Waals surface area (Å²) in [5, 5.41) is 11.2. The van der Waals surface area contributed by atoms with Crippen molar-refractivity contribution in [2.24, 2.45) is 5.73 Å². The molecule has 7 nitrogen and oxygen atoms in total. The molecule has 0 aromatic carbocycles. The molecule has 7 heteroatoms. The number of carbonyl (C=O) groups excluding carboxylic acids is 2. The van der Waals surface area contributed by atoms with E-state index < -0.39 is 11.9 Å². The first-order valence-electron chi connectivity index (χ1n) is 5.38. The third-order valence-electron chi connectivity index (χ3n) is 2.05. The van der Waals surface area contributed by atoms with Crippen LogP contribution in [-0.4, -0.2) is 54.0 Å². The van der Waals surface area contributed by atoms with Crippen molar-refractivity contribution >= 4 is 17.8 Å². The largest absolute Gasteiger partial charge is 0.481 e. The zero-order chi connectivity index (χ0) is 13.3. The van der Waals surface area contributed by atoms with Crippen molar-refractivity contribution < 1.29 is 19.5 Å². The molecule has 0 aromatic rings. The fourth-order valence-corrected chi connectivity index (χ4v) is 1.31. The molecule has 0 aliphatic rings. The highest BCUT2D eigenvalue weighted by Crippen LogP contribution is 1.94. The van der Waals surface area contributed by atoms with Gasteiger partial charge in [-0.25, -0.2) is 0 Å². The van der Waals surface area contributed by atoms with E-state index in [1.165, 1.54) is 6.92 Å². The second kappa shape index (κ2) is 8.51. The normalized spacial score (nSPS) is 10.2. The number of amides is 2. The molecule has 0 rings (SSSR count). The number of carboxylic acid groups (broad SMARTS) is 1. The Balaban J connectivity index is 3.88. The highest BCUT2D eigenvalue weighted by molar-refractivity contribution is 5.76. The number of carbonyl (C=O) groups is 3. The minimum absolute atomic E-state index is 0.0343. The Kier molecular flexibility index (Phi) is 7.70. The van der Waals surface area contributed by atoms with Gasteiger partial charge in [-0.1, -0.05) is 0 Å². The Hall–Kier alpha value is -1.63. The number of nitrogens with zero attached hydrogens (tertiary/aromatic N) is 1. The van der Waals surface area contributed by atoms with Crippen molar-refractivity contribution in [2.75, 3.05) is 26.2 Å². The summed E-state index contributed by atoms with van der Waals surface area (Å²) < 4.78 is 0. The number of hydrogen-bond donors (Lipinski definition) is 3. The summed E-state index contributed by atoms with van der Waals surface area (Å²) in [4.78, 5) is 33.4. The fraction of sp³-hybridized carbons (Fsp3) is 0.700. The smallest absolute Gasteiger partial charge is 0.304 e. The maximum absolute atomic E-state index is 10.8. The van der Waals surface area contributed by atoms with Crippen molar-refractivity contribution in [2.45, 2.75) is 19.8 Å². The molecular formula is C10H19N3O4. The van der Waals surface area contributed by atoms with Gasteiger partial charge in [0.2, 0.25) is 11.8 Å². The summed E-state index contributed by atoms with van der Waals surface area (Å²) in [6.07, 6.45) is 0.611. The van der Waals surface area contributed by atoms with Gasteiger partial charge in [0.25, 0.3) is 0 Å². The van der Waals surface area contributed by atoms with E-state index >= 15 is 0 Å². The van der Waals surface area contributed by atoms with Crippen molar-refractivity contribution in [3.05, 3.63) is 0 Å². The lowest BCUT2D eigenvalue weighted by Crippen LogP contribution is -2.37. The summed E-state index contributed by atoms with van der Waals surface area (Å²) >= 11 is 0. The molecule has 0 aliphatic carbocycles. The van der Waals surface area contributed by atoms with Crippen molar-refractivity contribution in [1.29, 1.82) is 0 Å². The van der Waals surface area contributed by atoms with Gasteiger partial charge in [-0.05, 0) is 6.42 Å². The predicted octanol–water partition coefficient (Wildman–Crippen LogP) is -1.23. The van der Waals surface area contributed by atoms with Gasteiger partial charge in [0.15, 0.2) is 0 Å². The van der Waals surface area contributed by atoms with E-state index in [0.29, 0.717) is 19.5 Å². The van der Waals surface area contributed by atoms with Crippen LogP contribution in [0, 0.1) is 0 Å². The average Bonchev–Trinajstić information content (AvgIpc) is 2.19. The molecule has 0 saturated carbocycles. The van der Waals surface area contributed by atoms with Gasteiger partial charge in [0, 0.05) is 26.6 Å². The second-order valence-corrected chi connectivity index (χ2v) is 3.72. The Morgan fingerprint density at radius 2 is 1.94 bits per heavy atom. The highest BCUT2D eigenvalue weighted by Gasteiger charge is 2.09. The van der Waals surface area contributed by atoms with Gasteiger partial charge in [0.1, 0.15) is 0 Å². The van der Waals surface area contributed by atoms with Crippen LogP contribution in [0.3, 0.4) is 0 Å². The van der Waals surface area contributed by atoms with E-state index in [2.05, 4.69) is 5.32 Å². The molecule has 0 heterocycles. The molecule has 0 radical (unpaired) electrons. The number of aliphatic carboxylic acids is 1. The van der Waals surface area contributed by atoms with Crippen molar-refractivity contribution in [3.63, 3.8) is 0 Å². The maximum atomic E-state index is 10.8. The third kappa shape index (κ3) is 10.6. The molecule has 0 atom stereocenters. The first kappa shape index (κ1) is 15.4. The molecule has 4 N–H and O–H groups in total. The predicted molar refractivity (Wildman–Crippen MR) is 61.2 cm³/mol. The lowest BCUT2D eigenvalue weighted by atomic mass is 10.3. The van der Waals surface area contributed by atoms with Crippen molar-refractivity contribution in [3.8, 4) is 0 Å². The number of hydrogen-bond acceptors (Lipinski definition) is 4. The van der Waals surface area contributed by atoms with E-state index in [1.807, 2.05) is 0 Å². The Morgan fingerprint density at radius 1 is 1.29 bits per heavy atom. The quantitative estimate of drug-likeness (QED) is 0.440. The van der Waals surface area contributed by atoms with Gasteiger partial charge in [-0.2, -0.15) is 0 Å². The molecule has 17 heavy (non-hydrogen) atoms. The molecule has 0 fully saturated rings. The number of carboxylic acids is 1. The molecule has 0 saturated heterocycles.